The van der Waals surface area contributed by atoms with Crippen LogP contribution in [-0.2, 0) is 28.8 Å². The van der Waals surface area contributed by atoms with E-state index in [9.17, 15) is 21.6 Å². The quantitative estimate of drug-likeness (QED) is 0.250. The molecule has 0 aromatic carbocycles. The number of halogens is 3. The number of rotatable bonds is 11. The Morgan fingerprint density at radius 2 is 1.47 bits per heavy atom. The van der Waals surface area contributed by atoms with Crippen molar-refractivity contribution in [2.75, 3.05) is 33.0 Å². The zero-order valence-corrected chi connectivity index (χ0v) is 11.3. The van der Waals surface area contributed by atoms with E-state index in [2.05, 4.69) is 9.22 Å². The first-order valence-electron chi connectivity index (χ1n) is 5.59. The van der Waals surface area contributed by atoms with Gasteiger partial charge in [-0.15, -0.1) is 0 Å². The van der Waals surface area contributed by atoms with Gasteiger partial charge in [0.15, 0.2) is 0 Å². The minimum Gasteiger partial charge on any atom is -0.379 e. The first-order chi connectivity index (χ1) is 8.81. The molecule has 0 bridgehead atoms. The highest BCUT2D eigenvalue weighted by molar-refractivity contribution is 7.87. The first kappa shape index (κ1) is 18.6. The summed E-state index contributed by atoms with van der Waals surface area (Å²) >= 11 is 0. The van der Waals surface area contributed by atoms with E-state index in [4.69, 9.17) is 9.47 Å². The second-order valence-corrected chi connectivity index (χ2v) is 4.88. The van der Waals surface area contributed by atoms with Gasteiger partial charge in [-0.2, -0.15) is 21.6 Å². The van der Waals surface area contributed by atoms with E-state index < -0.39 is 22.2 Å². The second-order valence-electron chi connectivity index (χ2n) is 3.37. The molecule has 0 amide bonds. The fourth-order valence-corrected chi connectivity index (χ4v) is 1.07. The predicted molar refractivity (Wildman–Crippen MR) is 58.6 cm³/mol. The fraction of sp³-hybridized carbons (Fsp3) is 1.00. The van der Waals surface area contributed by atoms with E-state index >= 15 is 0 Å². The van der Waals surface area contributed by atoms with E-state index in [1.54, 1.807) is 0 Å². The molecule has 0 radical (unpaired) electrons. The summed E-state index contributed by atoms with van der Waals surface area (Å²) in [6.45, 7) is 2.67. The van der Waals surface area contributed by atoms with Gasteiger partial charge in [-0.05, 0) is 6.42 Å². The van der Waals surface area contributed by atoms with Gasteiger partial charge in [0, 0.05) is 6.61 Å². The Morgan fingerprint density at radius 1 is 0.947 bits per heavy atom. The van der Waals surface area contributed by atoms with Gasteiger partial charge in [0.1, 0.15) is 6.61 Å². The predicted octanol–water partition coefficient (Wildman–Crippen LogP) is 1.62. The summed E-state index contributed by atoms with van der Waals surface area (Å²) in [6, 6.07) is 0. The molecular weight excluding hydrogens is 293 g/mol. The van der Waals surface area contributed by atoms with Crippen LogP contribution in [0.5, 0.6) is 0 Å². The number of hydrogen-bond donors (Lipinski definition) is 0. The molecule has 0 aromatic rings. The molecule has 10 heteroatoms. The molecule has 0 spiro atoms. The lowest BCUT2D eigenvalue weighted by Gasteiger charge is -2.08. The largest absolute Gasteiger partial charge is 0.525 e. The van der Waals surface area contributed by atoms with Crippen molar-refractivity contribution in [3.8, 4) is 0 Å². The molecule has 0 aliphatic carbocycles. The maximum absolute atomic E-state index is 11.8. The molecule has 0 heterocycles. The van der Waals surface area contributed by atoms with Gasteiger partial charge in [-0.3, -0.25) is 0 Å². The lowest BCUT2D eigenvalue weighted by Crippen LogP contribution is -2.26. The lowest BCUT2D eigenvalue weighted by molar-refractivity contribution is -0.222. The van der Waals surface area contributed by atoms with Crippen molar-refractivity contribution in [1.29, 1.82) is 0 Å². The van der Waals surface area contributed by atoms with Crippen LogP contribution in [0.4, 0.5) is 13.2 Å². The number of unbranched alkanes of at least 4 members (excludes halogenated alkanes) is 1. The van der Waals surface area contributed by atoms with E-state index in [0.717, 1.165) is 12.8 Å². The monoisotopic (exact) mass is 310 g/mol. The topological polar surface area (TPSA) is 71.1 Å². The molecule has 0 saturated carbocycles. The van der Waals surface area contributed by atoms with Crippen molar-refractivity contribution in [1.82, 2.24) is 0 Å². The van der Waals surface area contributed by atoms with Crippen LogP contribution in [0.3, 0.4) is 0 Å². The molecule has 116 valence electrons. The van der Waals surface area contributed by atoms with Crippen LogP contribution in [0.25, 0.3) is 0 Å². The molecule has 0 aliphatic rings. The lowest BCUT2D eigenvalue weighted by atomic mass is 10.4. The third-order valence-electron chi connectivity index (χ3n) is 1.75. The summed E-state index contributed by atoms with van der Waals surface area (Å²) in [5, 5.41) is 0. The van der Waals surface area contributed by atoms with Crippen LogP contribution < -0.4 is 0 Å². The van der Waals surface area contributed by atoms with E-state index in [1.165, 1.54) is 0 Å². The summed E-state index contributed by atoms with van der Waals surface area (Å²) in [5.74, 6) is 0. The third kappa shape index (κ3) is 9.16. The van der Waals surface area contributed by atoms with Gasteiger partial charge in [0.25, 0.3) is 0 Å². The molecule has 0 fully saturated rings. The third-order valence-corrected chi connectivity index (χ3v) is 2.59. The van der Waals surface area contributed by atoms with Gasteiger partial charge in [-0.25, -0.2) is 4.89 Å². The minimum absolute atomic E-state index is 0.107. The number of hydrogen-bond acceptors (Lipinski definition) is 6. The Labute approximate surface area is 109 Å². The van der Waals surface area contributed by atoms with E-state index in [0.29, 0.717) is 13.2 Å². The van der Waals surface area contributed by atoms with E-state index in [1.807, 2.05) is 6.92 Å². The molecule has 0 aliphatic heterocycles. The highest BCUT2D eigenvalue weighted by Gasteiger charge is 2.48. The Hall–Kier alpha value is -0.420. The highest BCUT2D eigenvalue weighted by atomic mass is 32.2. The van der Waals surface area contributed by atoms with Crippen LogP contribution in [0.15, 0.2) is 0 Å². The van der Waals surface area contributed by atoms with E-state index in [-0.39, 0.29) is 13.2 Å². The van der Waals surface area contributed by atoms with Gasteiger partial charge < -0.3 is 9.47 Å². The second kappa shape index (κ2) is 9.48. The van der Waals surface area contributed by atoms with Crippen LogP contribution in [0, 0.1) is 0 Å². The molecular formula is C9H17F3O6S. The van der Waals surface area contributed by atoms with Crippen molar-refractivity contribution in [2.45, 2.75) is 25.3 Å². The van der Waals surface area contributed by atoms with Crippen molar-refractivity contribution in [3.63, 3.8) is 0 Å². The summed E-state index contributed by atoms with van der Waals surface area (Å²) in [7, 11) is -5.71. The molecule has 0 aromatic heterocycles. The van der Waals surface area contributed by atoms with Crippen molar-refractivity contribution >= 4 is 10.1 Å². The Kier molecular flexibility index (Phi) is 9.27. The van der Waals surface area contributed by atoms with Gasteiger partial charge in [0.2, 0.25) is 0 Å². The zero-order chi connectivity index (χ0) is 14.8. The van der Waals surface area contributed by atoms with Crippen LogP contribution in [-0.4, -0.2) is 47.0 Å². The summed E-state index contributed by atoms with van der Waals surface area (Å²) < 4.78 is 69.4. The maximum Gasteiger partial charge on any atom is 0.525 e. The van der Waals surface area contributed by atoms with Gasteiger partial charge >= 0.3 is 15.6 Å². The Bertz CT molecular complexity index is 316. The zero-order valence-electron chi connectivity index (χ0n) is 10.4. The molecule has 19 heavy (non-hydrogen) atoms. The van der Waals surface area contributed by atoms with Crippen molar-refractivity contribution in [3.05, 3.63) is 0 Å². The SMILES string of the molecule is CCCCOCCOCCOOS(=O)(=O)C(F)(F)F. The Morgan fingerprint density at radius 3 is 2.00 bits per heavy atom. The summed E-state index contributed by atoms with van der Waals surface area (Å²) in [6.07, 6.45) is 1.95. The minimum atomic E-state index is -5.71. The molecule has 0 saturated heterocycles. The molecule has 0 rings (SSSR count). The molecule has 0 atom stereocenters. The van der Waals surface area contributed by atoms with Gasteiger partial charge in [0.05, 0.1) is 19.8 Å². The number of ether oxygens (including phenoxy) is 2. The van der Waals surface area contributed by atoms with Crippen LogP contribution in [0.1, 0.15) is 19.8 Å². The highest BCUT2D eigenvalue weighted by Crippen LogP contribution is 2.24. The Balaban J connectivity index is 3.42. The standard InChI is InChI=1S/C9H17F3O6S/c1-2-3-4-15-5-6-16-7-8-17-18-19(13,14)9(10,11)12/h2-8H2,1H3. The fourth-order valence-electron chi connectivity index (χ4n) is 0.797. The first-order valence-corrected chi connectivity index (χ1v) is 7.00. The maximum atomic E-state index is 11.8. The molecule has 0 N–H and O–H groups in total. The molecule has 6 nitrogen and oxygen atoms in total. The van der Waals surface area contributed by atoms with Crippen molar-refractivity contribution < 1.29 is 40.3 Å². The van der Waals surface area contributed by atoms with Crippen LogP contribution >= 0.6 is 0 Å². The summed E-state index contributed by atoms with van der Waals surface area (Å²) in [5.41, 5.74) is -5.50. The smallest absolute Gasteiger partial charge is 0.379 e. The number of alkyl halides is 3. The molecule has 0 unspecified atom stereocenters. The van der Waals surface area contributed by atoms with Crippen LogP contribution in [0.2, 0.25) is 0 Å². The average molecular weight is 310 g/mol. The normalized spacial score (nSPS) is 12.8. The van der Waals surface area contributed by atoms with Crippen molar-refractivity contribution in [2.24, 2.45) is 0 Å². The summed E-state index contributed by atoms with van der Waals surface area (Å²) in [4.78, 5) is 3.90. The van der Waals surface area contributed by atoms with Gasteiger partial charge in [-0.1, -0.05) is 17.7 Å². The average Bonchev–Trinajstić information content (AvgIpc) is 2.30.